The number of carbonyl (C=O) groups excluding carboxylic acids is 1. The maximum absolute atomic E-state index is 13.1. The van der Waals surface area contributed by atoms with Crippen molar-refractivity contribution in [3.8, 4) is 5.75 Å². The van der Waals surface area contributed by atoms with Gasteiger partial charge in [-0.3, -0.25) is 4.79 Å². The lowest BCUT2D eigenvalue weighted by Crippen LogP contribution is -2.39. The standard InChI is InChI=1S/C21H29NO2S/c1-13-14(2)25-12-22(13)11-17(24)15-9-10-16(23)19(21(6,7)8)18(15)20(3,4)5/h9-10,12H,11H2,1-8H3/p+1. The first-order valence-corrected chi connectivity index (χ1v) is 9.56. The fraction of sp³-hybridized carbons (Fsp3) is 0.524. The number of nitrogens with zero attached hydrogens (tertiary/aromatic N) is 1. The lowest BCUT2D eigenvalue weighted by atomic mass is 9.72. The van der Waals surface area contributed by atoms with E-state index >= 15 is 0 Å². The SMILES string of the molecule is Cc1sc[n+](CC(=O)c2ccc(O)c(C(C)(C)C)c2C(C)(C)C)c1C. The van der Waals surface area contributed by atoms with Gasteiger partial charge in [0.1, 0.15) is 5.75 Å². The van der Waals surface area contributed by atoms with Gasteiger partial charge in [-0.25, -0.2) is 0 Å². The van der Waals surface area contributed by atoms with E-state index in [-0.39, 0.29) is 22.4 Å². The number of thiazole rings is 1. The lowest BCUT2D eigenvalue weighted by molar-refractivity contribution is -0.684. The van der Waals surface area contributed by atoms with Gasteiger partial charge >= 0.3 is 0 Å². The molecule has 0 unspecified atom stereocenters. The molecule has 0 atom stereocenters. The quantitative estimate of drug-likeness (QED) is 0.629. The van der Waals surface area contributed by atoms with E-state index in [4.69, 9.17) is 0 Å². The van der Waals surface area contributed by atoms with E-state index in [1.807, 2.05) is 17.0 Å². The minimum atomic E-state index is -0.245. The minimum Gasteiger partial charge on any atom is -0.508 e. The number of benzene rings is 1. The number of hydrogen-bond acceptors (Lipinski definition) is 3. The predicted molar refractivity (Wildman–Crippen MR) is 104 cm³/mol. The first kappa shape index (κ1) is 19.6. The van der Waals surface area contributed by atoms with Gasteiger partial charge in [-0.15, -0.1) is 0 Å². The molecule has 2 aromatic rings. The molecule has 0 fully saturated rings. The maximum Gasteiger partial charge on any atom is 0.227 e. The molecule has 3 nitrogen and oxygen atoms in total. The molecular formula is C21H30NO2S+. The van der Waals surface area contributed by atoms with Crippen LogP contribution in [0.2, 0.25) is 0 Å². The van der Waals surface area contributed by atoms with Gasteiger partial charge in [0.05, 0.1) is 4.88 Å². The highest BCUT2D eigenvalue weighted by molar-refractivity contribution is 7.09. The number of carbonyl (C=O) groups is 1. The van der Waals surface area contributed by atoms with Crippen molar-refractivity contribution in [3.05, 3.63) is 44.9 Å². The molecule has 1 aromatic carbocycles. The number of Topliss-reactive ketones (excluding diaryl/α,β-unsaturated/α-hetero) is 1. The molecule has 0 radical (unpaired) electrons. The van der Waals surface area contributed by atoms with E-state index in [1.165, 1.54) is 4.88 Å². The van der Waals surface area contributed by atoms with Gasteiger partial charge in [-0.2, -0.15) is 4.57 Å². The van der Waals surface area contributed by atoms with Gasteiger partial charge in [0.2, 0.25) is 17.8 Å². The summed E-state index contributed by atoms with van der Waals surface area (Å²) in [7, 11) is 0. The third kappa shape index (κ3) is 3.95. The molecule has 4 heteroatoms. The molecule has 0 saturated heterocycles. The normalized spacial score (nSPS) is 12.5. The Balaban J connectivity index is 2.61. The second-order valence-electron chi connectivity index (χ2n) is 8.80. The first-order valence-electron chi connectivity index (χ1n) is 8.68. The van der Waals surface area contributed by atoms with E-state index < -0.39 is 0 Å². The topological polar surface area (TPSA) is 41.2 Å². The van der Waals surface area contributed by atoms with Crippen molar-refractivity contribution in [2.45, 2.75) is 72.8 Å². The fourth-order valence-corrected chi connectivity index (χ4v) is 4.07. The number of aromatic hydroxyl groups is 1. The predicted octanol–water partition coefficient (Wildman–Crippen LogP) is 4.84. The van der Waals surface area contributed by atoms with Crippen LogP contribution < -0.4 is 4.57 Å². The summed E-state index contributed by atoms with van der Waals surface area (Å²) < 4.78 is 2.01. The Kier molecular flexibility index (Phi) is 5.16. The smallest absolute Gasteiger partial charge is 0.227 e. The Bertz CT molecular complexity index is 805. The highest BCUT2D eigenvalue weighted by Crippen LogP contribution is 2.41. The molecule has 25 heavy (non-hydrogen) atoms. The highest BCUT2D eigenvalue weighted by Gasteiger charge is 2.33. The summed E-state index contributed by atoms with van der Waals surface area (Å²) in [6, 6.07) is 3.45. The molecule has 0 aliphatic carbocycles. The van der Waals surface area contributed by atoms with Crippen LogP contribution in [-0.2, 0) is 17.4 Å². The van der Waals surface area contributed by atoms with Crippen molar-refractivity contribution in [2.75, 3.05) is 0 Å². The summed E-state index contributed by atoms with van der Waals surface area (Å²) in [4.78, 5) is 14.4. The molecule has 0 amide bonds. The average molecular weight is 361 g/mol. The molecule has 0 bridgehead atoms. The highest BCUT2D eigenvalue weighted by atomic mass is 32.1. The van der Waals surface area contributed by atoms with E-state index in [0.29, 0.717) is 12.1 Å². The number of aryl methyl sites for hydroxylation is 1. The number of hydrogen-bond donors (Lipinski definition) is 1. The fourth-order valence-electron chi connectivity index (χ4n) is 3.27. The van der Waals surface area contributed by atoms with Crippen LogP contribution in [0.25, 0.3) is 0 Å². The van der Waals surface area contributed by atoms with Gasteiger partial charge in [-0.1, -0.05) is 52.9 Å². The molecule has 1 N–H and O–H groups in total. The minimum absolute atomic E-state index is 0.0846. The summed E-state index contributed by atoms with van der Waals surface area (Å²) in [6.45, 7) is 17.0. The Morgan fingerprint density at radius 2 is 1.60 bits per heavy atom. The van der Waals surface area contributed by atoms with Crippen molar-refractivity contribution >= 4 is 17.1 Å². The van der Waals surface area contributed by atoms with Crippen molar-refractivity contribution < 1.29 is 14.5 Å². The first-order chi connectivity index (χ1) is 11.3. The van der Waals surface area contributed by atoms with Gasteiger partial charge in [0, 0.05) is 18.1 Å². The van der Waals surface area contributed by atoms with Gasteiger partial charge in [0.25, 0.3) is 0 Å². The Morgan fingerprint density at radius 3 is 2.04 bits per heavy atom. The second-order valence-corrected chi connectivity index (χ2v) is 9.86. The molecule has 2 rings (SSSR count). The number of rotatable bonds is 3. The average Bonchev–Trinajstić information content (AvgIpc) is 2.76. The zero-order chi connectivity index (χ0) is 19.2. The van der Waals surface area contributed by atoms with Crippen LogP contribution in [0.15, 0.2) is 17.6 Å². The van der Waals surface area contributed by atoms with Crippen LogP contribution in [0.3, 0.4) is 0 Å². The summed E-state index contributed by atoms with van der Waals surface area (Å²) >= 11 is 1.66. The molecular weight excluding hydrogens is 330 g/mol. The van der Waals surface area contributed by atoms with Gasteiger partial charge < -0.3 is 5.11 Å². The maximum atomic E-state index is 13.1. The number of aromatic nitrogens is 1. The third-order valence-corrected chi connectivity index (χ3v) is 5.60. The van der Waals surface area contributed by atoms with Crippen LogP contribution in [0.4, 0.5) is 0 Å². The van der Waals surface area contributed by atoms with Crippen LogP contribution in [0, 0.1) is 13.8 Å². The Hall–Kier alpha value is -1.68. The Labute approximate surface area is 155 Å². The molecule has 0 aliphatic heterocycles. The molecule has 1 heterocycles. The van der Waals surface area contributed by atoms with E-state index in [1.54, 1.807) is 23.5 Å². The summed E-state index contributed by atoms with van der Waals surface area (Å²) in [5.74, 6) is 0.352. The third-order valence-electron chi connectivity index (χ3n) is 4.59. The van der Waals surface area contributed by atoms with E-state index in [0.717, 1.165) is 16.8 Å². The zero-order valence-corrected chi connectivity index (χ0v) is 17.5. The van der Waals surface area contributed by atoms with Crippen LogP contribution >= 0.6 is 11.3 Å². The van der Waals surface area contributed by atoms with E-state index in [2.05, 4.69) is 48.5 Å². The lowest BCUT2D eigenvalue weighted by Gasteiger charge is -2.32. The second kappa shape index (κ2) is 6.56. The summed E-state index contributed by atoms with van der Waals surface area (Å²) in [5.41, 5.74) is 5.19. The van der Waals surface area contributed by atoms with Crippen molar-refractivity contribution in [2.24, 2.45) is 0 Å². The largest absolute Gasteiger partial charge is 0.508 e. The van der Waals surface area contributed by atoms with Crippen LogP contribution in [0.5, 0.6) is 5.75 Å². The van der Waals surface area contributed by atoms with Crippen LogP contribution in [0.1, 0.15) is 73.6 Å². The summed E-state index contributed by atoms with van der Waals surface area (Å²) in [5, 5.41) is 10.5. The van der Waals surface area contributed by atoms with E-state index in [9.17, 15) is 9.90 Å². The summed E-state index contributed by atoms with van der Waals surface area (Å²) in [6.07, 6.45) is 0. The molecule has 0 spiro atoms. The number of phenolic OH excluding ortho intramolecular Hbond substituents is 1. The number of phenols is 1. The number of ketones is 1. The monoisotopic (exact) mass is 360 g/mol. The molecule has 136 valence electrons. The van der Waals surface area contributed by atoms with Crippen LogP contribution in [-0.4, -0.2) is 10.9 Å². The zero-order valence-electron chi connectivity index (χ0n) is 16.7. The van der Waals surface area contributed by atoms with Crippen molar-refractivity contribution in [3.63, 3.8) is 0 Å². The van der Waals surface area contributed by atoms with Crippen molar-refractivity contribution in [1.29, 1.82) is 0 Å². The van der Waals surface area contributed by atoms with Crippen molar-refractivity contribution in [1.82, 2.24) is 0 Å². The Morgan fingerprint density at radius 1 is 1.04 bits per heavy atom. The van der Waals surface area contributed by atoms with Gasteiger partial charge in [0.15, 0.2) is 5.69 Å². The molecule has 1 aromatic heterocycles. The van der Waals surface area contributed by atoms with Gasteiger partial charge in [-0.05, 0) is 35.4 Å². The molecule has 0 saturated carbocycles. The molecule has 0 aliphatic rings.